The van der Waals surface area contributed by atoms with E-state index in [-0.39, 0.29) is 24.5 Å². The van der Waals surface area contributed by atoms with E-state index in [4.69, 9.17) is 4.74 Å². The van der Waals surface area contributed by atoms with Gasteiger partial charge in [0.25, 0.3) is 5.91 Å². The first-order chi connectivity index (χ1) is 10.5. The van der Waals surface area contributed by atoms with Crippen LogP contribution in [0.4, 0.5) is 5.69 Å². The molecule has 0 spiro atoms. The van der Waals surface area contributed by atoms with Crippen LogP contribution in [0.25, 0.3) is 0 Å². The summed E-state index contributed by atoms with van der Waals surface area (Å²) in [5, 5.41) is 2.88. The number of morpholine rings is 1. The van der Waals surface area contributed by atoms with Gasteiger partial charge in [0.1, 0.15) is 6.61 Å². The average Bonchev–Trinajstić information content (AvgIpc) is 2.45. The number of ether oxygens (including phenoxy) is 1. The van der Waals surface area contributed by atoms with E-state index in [9.17, 15) is 9.59 Å². The van der Waals surface area contributed by atoms with Crippen LogP contribution in [-0.2, 0) is 14.3 Å². The van der Waals surface area contributed by atoms with Gasteiger partial charge in [-0.1, -0.05) is 26.0 Å². The van der Waals surface area contributed by atoms with Gasteiger partial charge < -0.3 is 15.0 Å². The Morgan fingerprint density at radius 2 is 2.23 bits per heavy atom. The summed E-state index contributed by atoms with van der Waals surface area (Å²) in [4.78, 5) is 25.5. The summed E-state index contributed by atoms with van der Waals surface area (Å²) in [7, 11) is 0. The van der Waals surface area contributed by atoms with Crippen LogP contribution >= 0.6 is 0 Å². The second-order valence-corrected chi connectivity index (χ2v) is 6.18. The number of anilines is 1. The highest BCUT2D eigenvalue weighted by Crippen LogP contribution is 2.19. The van der Waals surface area contributed by atoms with Gasteiger partial charge >= 0.3 is 0 Å². The van der Waals surface area contributed by atoms with Crippen LogP contribution in [0.2, 0.25) is 0 Å². The van der Waals surface area contributed by atoms with Gasteiger partial charge in [-0.2, -0.15) is 0 Å². The van der Waals surface area contributed by atoms with Crippen molar-refractivity contribution >= 4 is 17.5 Å². The van der Waals surface area contributed by atoms with E-state index in [1.165, 1.54) is 0 Å². The van der Waals surface area contributed by atoms with Crippen molar-refractivity contribution in [2.45, 2.75) is 33.3 Å². The molecule has 0 saturated carbocycles. The van der Waals surface area contributed by atoms with Crippen LogP contribution in [0.1, 0.15) is 25.8 Å². The predicted molar refractivity (Wildman–Crippen MR) is 85.7 cm³/mol. The highest BCUT2D eigenvalue weighted by Gasteiger charge is 2.27. The number of hydrogen-bond donors (Lipinski definition) is 1. The zero-order valence-corrected chi connectivity index (χ0v) is 13.5. The first-order valence-electron chi connectivity index (χ1n) is 7.71. The molecule has 1 heterocycles. The Labute approximate surface area is 131 Å². The molecule has 1 unspecified atom stereocenters. The number of nitrogens with zero attached hydrogens (tertiary/aromatic N) is 1. The number of aryl methyl sites for hydroxylation is 1. The van der Waals surface area contributed by atoms with Crippen LogP contribution in [-0.4, -0.2) is 37.6 Å². The fraction of sp³-hybridized carbons (Fsp3) is 0.529. The molecule has 1 aromatic rings. The molecule has 1 aliphatic rings. The van der Waals surface area contributed by atoms with Crippen molar-refractivity contribution in [3.05, 3.63) is 29.8 Å². The molecule has 1 atom stereocenters. The zero-order chi connectivity index (χ0) is 16.1. The number of hydrogen-bond acceptors (Lipinski definition) is 3. The maximum absolute atomic E-state index is 12.0. The van der Waals surface area contributed by atoms with Gasteiger partial charge in [0.2, 0.25) is 5.91 Å². The van der Waals surface area contributed by atoms with Gasteiger partial charge in [0.05, 0.1) is 12.6 Å². The number of nitrogens with one attached hydrogen (secondary N) is 1. The fourth-order valence-corrected chi connectivity index (χ4v) is 2.46. The molecule has 1 saturated heterocycles. The molecule has 22 heavy (non-hydrogen) atoms. The molecule has 5 heteroatoms. The summed E-state index contributed by atoms with van der Waals surface area (Å²) >= 11 is 0. The Morgan fingerprint density at radius 3 is 2.91 bits per heavy atom. The van der Waals surface area contributed by atoms with Crippen LogP contribution in [0.15, 0.2) is 24.3 Å². The Hall–Kier alpha value is -1.88. The van der Waals surface area contributed by atoms with Crippen molar-refractivity contribution < 1.29 is 14.3 Å². The largest absolute Gasteiger partial charge is 0.365 e. The molecule has 1 fully saturated rings. The maximum atomic E-state index is 12.0. The number of benzene rings is 1. The average molecular weight is 304 g/mol. The van der Waals surface area contributed by atoms with Crippen molar-refractivity contribution in [3.8, 4) is 0 Å². The lowest BCUT2D eigenvalue weighted by molar-refractivity contribution is -0.129. The van der Waals surface area contributed by atoms with Gasteiger partial charge in [0, 0.05) is 18.7 Å². The lowest BCUT2D eigenvalue weighted by Crippen LogP contribution is -2.50. The van der Waals surface area contributed by atoms with Crippen LogP contribution in [0.5, 0.6) is 0 Å². The third kappa shape index (κ3) is 4.56. The number of carbonyl (C=O) groups excluding carboxylic acids is 2. The molecule has 2 rings (SSSR count). The summed E-state index contributed by atoms with van der Waals surface area (Å²) in [5.41, 5.74) is 1.99. The molecule has 1 aromatic carbocycles. The molecule has 120 valence electrons. The SMILES string of the molecule is Cc1cccc(N2CC(CNC(=O)CC(C)C)OCC2=O)c1. The zero-order valence-electron chi connectivity index (χ0n) is 13.5. The highest BCUT2D eigenvalue weighted by atomic mass is 16.5. The minimum absolute atomic E-state index is 0.0256. The highest BCUT2D eigenvalue weighted by molar-refractivity contribution is 5.95. The molecule has 0 bridgehead atoms. The molecule has 0 aliphatic carbocycles. The van der Waals surface area contributed by atoms with Gasteiger partial charge in [0.15, 0.2) is 0 Å². The number of rotatable bonds is 5. The summed E-state index contributed by atoms with van der Waals surface area (Å²) in [5.74, 6) is 0.311. The third-order valence-corrected chi connectivity index (χ3v) is 3.56. The van der Waals surface area contributed by atoms with Crippen molar-refractivity contribution in [2.75, 3.05) is 24.6 Å². The van der Waals surface area contributed by atoms with E-state index in [0.29, 0.717) is 25.4 Å². The number of amides is 2. The van der Waals surface area contributed by atoms with Gasteiger partial charge in [-0.05, 0) is 30.5 Å². The Bertz CT molecular complexity index is 542. The first kappa shape index (κ1) is 16.5. The summed E-state index contributed by atoms with van der Waals surface area (Å²) in [6.45, 7) is 6.96. The lowest BCUT2D eigenvalue weighted by Gasteiger charge is -2.33. The van der Waals surface area contributed by atoms with Crippen LogP contribution < -0.4 is 10.2 Å². The quantitative estimate of drug-likeness (QED) is 0.903. The van der Waals surface area contributed by atoms with E-state index in [2.05, 4.69) is 5.32 Å². The predicted octanol–water partition coefficient (Wildman–Crippen LogP) is 1.89. The van der Waals surface area contributed by atoms with Crippen molar-refractivity contribution in [1.29, 1.82) is 0 Å². The van der Waals surface area contributed by atoms with Crippen LogP contribution in [0, 0.1) is 12.8 Å². The summed E-state index contributed by atoms with van der Waals surface area (Å²) in [6, 6.07) is 7.84. The first-order valence-corrected chi connectivity index (χ1v) is 7.71. The standard InChI is InChI=1S/C17H24N2O3/c1-12(2)7-16(20)18-9-15-10-19(17(21)11-22-15)14-6-4-5-13(3)8-14/h4-6,8,12,15H,7,9-11H2,1-3H3,(H,18,20). The smallest absolute Gasteiger partial charge is 0.253 e. The van der Waals surface area contributed by atoms with E-state index >= 15 is 0 Å². The monoisotopic (exact) mass is 304 g/mol. The van der Waals surface area contributed by atoms with Crippen molar-refractivity contribution in [1.82, 2.24) is 5.32 Å². The molecular weight excluding hydrogens is 280 g/mol. The van der Waals surface area contributed by atoms with Gasteiger partial charge in [-0.15, -0.1) is 0 Å². The molecule has 0 radical (unpaired) electrons. The molecule has 5 nitrogen and oxygen atoms in total. The second kappa shape index (κ2) is 7.40. The van der Waals surface area contributed by atoms with E-state index < -0.39 is 0 Å². The Balaban J connectivity index is 1.93. The second-order valence-electron chi connectivity index (χ2n) is 6.18. The normalized spacial score (nSPS) is 18.6. The third-order valence-electron chi connectivity index (χ3n) is 3.56. The summed E-state index contributed by atoms with van der Waals surface area (Å²) in [6.07, 6.45) is 0.335. The molecular formula is C17H24N2O3. The number of carbonyl (C=O) groups is 2. The molecule has 1 N–H and O–H groups in total. The molecule has 2 amide bonds. The molecule has 1 aliphatic heterocycles. The molecule has 0 aromatic heterocycles. The fourth-order valence-electron chi connectivity index (χ4n) is 2.46. The van der Waals surface area contributed by atoms with Crippen molar-refractivity contribution in [3.63, 3.8) is 0 Å². The van der Waals surface area contributed by atoms with Crippen LogP contribution in [0.3, 0.4) is 0 Å². The Kier molecular flexibility index (Phi) is 5.55. The summed E-state index contributed by atoms with van der Waals surface area (Å²) < 4.78 is 5.52. The topological polar surface area (TPSA) is 58.6 Å². The van der Waals surface area contributed by atoms with Gasteiger partial charge in [-0.25, -0.2) is 0 Å². The van der Waals surface area contributed by atoms with E-state index in [1.807, 2.05) is 45.0 Å². The van der Waals surface area contributed by atoms with Gasteiger partial charge in [-0.3, -0.25) is 9.59 Å². The minimum atomic E-state index is -0.172. The van der Waals surface area contributed by atoms with E-state index in [0.717, 1.165) is 11.3 Å². The van der Waals surface area contributed by atoms with Crippen molar-refractivity contribution in [2.24, 2.45) is 5.92 Å². The minimum Gasteiger partial charge on any atom is -0.365 e. The lowest BCUT2D eigenvalue weighted by atomic mass is 10.1. The Morgan fingerprint density at radius 1 is 1.45 bits per heavy atom. The maximum Gasteiger partial charge on any atom is 0.253 e. The van der Waals surface area contributed by atoms with E-state index in [1.54, 1.807) is 4.90 Å².